The van der Waals surface area contributed by atoms with Crippen LogP contribution in [0.4, 0.5) is 5.69 Å². The van der Waals surface area contributed by atoms with Crippen molar-refractivity contribution < 1.29 is 0 Å². The average molecular weight is 416 g/mol. The number of rotatable bonds is 4. The summed E-state index contributed by atoms with van der Waals surface area (Å²) in [5.74, 6) is 0. The maximum absolute atomic E-state index is 3.59. The second kappa shape index (κ2) is 6.57. The van der Waals surface area contributed by atoms with E-state index in [1.54, 1.807) is 0 Å². The maximum Gasteiger partial charge on any atom is 0.0511 e. The van der Waals surface area contributed by atoms with Crippen LogP contribution in [-0.4, -0.2) is 0 Å². The molecule has 0 aliphatic rings. The molecule has 2 aromatic carbocycles. The van der Waals surface area contributed by atoms with Gasteiger partial charge in [0, 0.05) is 13.7 Å². The van der Waals surface area contributed by atoms with Gasteiger partial charge in [-0.05, 0) is 64.9 Å². The molecule has 1 unspecified atom stereocenters. The summed E-state index contributed by atoms with van der Waals surface area (Å²) in [6, 6.07) is 17.3. The number of halogens is 2. The molecule has 0 bridgehead atoms. The zero-order valence-corrected chi connectivity index (χ0v) is 13.9. The zero-order valence-electron chi connectivity index (χ0n) is 10.2. The number of benzene rings is 2. The predicted octanol–water partition coefficient (Wildman–Crippen LogP) is 5.62. The van der Waals surface area contributed by atoms with Crippen LogP contribution in [0.15, 0.2) is 53.0 Å². The van der Waals surface area contributed by atoms with E-state index in [1.165, 1.54) is 14.8 Å². The standard InChI is InChI=1S/C15H15BrIN/c1-2-15(11-5-3-6-12(16)9-11)18-14-8-4-7-13(17)10-14/h3-10,15,18H,2H2,1H3. The van der Waals surface area contributed by atoms with Gasteiger partial charge in [-0.15, -0.1) is 0 Å². The van der Waals surface area contributed by atoms with Gasteiger partial charge in [0.15, 0.2) is 0 Å². The maximum atomic E-state index is 3.59. The third-order valence-electron chi connectivity index (χ3n) is 2.82. The van der Waals surface area contributed by atoms with Gasteiger partial charge in [0.2, 0.25) is 0 Å². The summed E-state index contributed by atoms with van der Waals surface area (Å²) in [4.78, 5) is 0. The molecule has 0 saturated heterocycles. The molecule has 94 valence electrons. The molecule has 0 radical (unpaired) electrons. The predicted molar refractivity (Wildman–Crippen MR) is 90.0 cm³/mol. The van der Waals surface area contributed by atoms with Gasteiger partial charge in [-0.25, -0.2) is 0 Å². The Morgan fingerprint density at radius 1 is 1.17 bits per heavy atom. The quantitative estimate of drug-likeness (QED) is 0.639. The van der Waals surface area contributed by atoms with Gasteiger partial charge in [0.05, 0.1) is 6.04 Å². The highest BCUT2D eigenvalue weighted by molar-refractivity contribution is 14.1. The molecule has 0 spiro atoms. The summed E-state index contributed by atoms with van der Waals surface area (Å²) in [6.07, 6.45) is 1.06. The van der Waals surface area contributed by atoms with Crippen LogP contribution in [0, 0.1) is 3.57 Å². The van der Waals surface area contributed by atoms with Crippen molar-refractivity contribution in [2.75, 3.05) is 5.32 Å². The Balaban J connectivity index is 2.19. The Hall–Kier alpha value is -0.550. The van der Waals surface area contributed by atoms with E-state index in [1.807, 2.05) is 0 Å². The highest BCUT2D eigenvalue weighted by Gasteiger charge is 2.09. The first kappa shape index (κ1) is 13.9. The van der Waals surface area contributed by atoms with E-state index < -0.39 is 0 Å². The number of nitrogens with one attached hydrogen (secondary N) is 1. The van der Waals surface area contributed by atoms with E-state index in [0.29, 0.717) is 6.04 Å². The molecule has 1 atom stereocenters. The first-order chi connectivity index (χ1) is 8.69. The lowest BCUT2D eigenvalue weighted by atomic mass is 10.0. The van der Waals surface area contributed by atoms with E-state index in [4.69, 9.17) is 0 Å². The molecule has 2 aromatic rings. The van der Waals surface area contributed by atoms with Gasteiger partial charge in [-0.1, -0.05) is 41.1 Å². The van der Waals surface area contributed by atoms with Gasteiger partial charge >= 0.3 is 0 Å². The van der Waals surface area contributed by atoms with Crippen LogP contribution >= 0.6 is 38.5 Å². The summed E-state index contributed by atoms with van der Waals surface area (Å²) >= 11 is 5.86. The Kier molecular flexibility index (Phi) is 5.06. The highest BCUT2D eigenvalue weighted by atomic mass is 127. The highest BCUT2D eigenvalue weighted by Crippen LogP contribution is 2.25. The van der Waals surface area contributed by atoms with Gasteiger partial charge in [-0.2, -0.15) is 0 Å². The van der Waals surface area contributed by atoms with Gasteiger partial charge in [0.1, 0.15) is 0 Å². The molecule has 1 nitrogen and oxygen atoms in total. The molecule has 0 saturated carbocycles. The van der Waals surface area contributed by atoms with E-state index in [2.05, 4.69) is 99.3 Å². The van der Waals surface area contributed by atoms with E-state index in [-0.39, 0.29) is 0 Å². The number of anilines is 1. The smallest absolute Gasteiger partial charge is 0.0511 e. The zero-order chi connectivity index (χ0) is 13.0. The molecule has 0 aliphatic carbocycles. The summed E-state index contributed by atoms with van der Waals surface area (Å²) in [5, 5.41) is 3.59. The molecule has 18 heavy (non-hydrogen) atoms. The van der Waals surface area contributed by atoms with Gasteiger partial charge < -0.3 is 5.32 Å². The molecule has 2 rings (SSSR count). The molecular formula is C15H15BrIN. The first-order valence-electron chi connectivity index (χ1n) is 5.96. The van der Waals surface area contributed by atoms with Crippen molar-refractivity contribution in [1.82, 2.24) is 0 Å². The van der Waals surface area contributed by atoms with Crippen LogP contribution in [0.3, 0.4) is 0 Å². The summed E-state index contributed by atoms with van der Waals surface area (Å²) in [6.45, 7) is 2.20. The van der Waals surface area contributed by atoms with Crippen molar-refractivity contribution in [3.05, 3.63) is 62.1 Å². The molecule has 0 fully saturated rings. The van der Waals surface area contributed by atoms with Crippen LogP contribution in [0.25, 0.3) is 0 Å². The minimum absolute atomic E-state index is 0.348. The summed E-state index contributed by atoms with van der Waals surface area (Å²) in [5.41, 5.74) is 2.49. The fourth-order valence-electron chi connectivity index (χ4n) is 1.92. The lowest BCUT2D eigenvalue weighted by Crippen LogP contribution is -2.09. The number of hydrogen-bond acceptors (Lipinski definition) is 1. The van der Waals surface area contributed by atoms with Crippen molar-refractivity contribution in [3.8, 4) is 0 Å². The molecule has 0 heterocycles. The first-order valence-corrected chi connectivity index (χ1v) is 7.84. The average Bonchev–Trinajstić information content (AvgIpc) is 2.36. The molecule has 1 N–H and O–H groups in total. The normalized spacial score (nSPS) is 12.2. The van der Waals surface area contributed by atoms with Crippen molar-refractivity contribution in [2.24, 2.45) is 0 Å². The second-order valence-electron chi connectivity index (χ2n) is 4.17. The van der Waals surface area contributed by atoms with E-state index in [9.17, 15) is 0 Å². The van der Waals surface area contributed by atoms with Crippen molar-refractivity contribution >= 4 is 44.2 Å². The number of hydrogen-bond donors (Lipinski definition) is 1. The van der Waals surface area contributed by atoms with Crippen LogP contribution in [-0.2, 0) is 0 Å². The third kappa shape index (κ3) is 3.72. The van der Waals surface area contributed by atoms with Crippen molar-refractivity contribution in [2.45, 2.75) is 19.4 Å². The second-order valence-corrected chi connectivity index (χ2v) is 6.33. The lowest BCUT2D eigenvalue weighted by molar-refractivity contribution is 0.749. The Bertz CT molecular complexity index is 527. The Morgan fingerprint density at radius 3 is 2.61 bits per heavy atom. The molecule has 0 aromatic heterocycles. The van der Waals surface area contributed by atoms with Gasteiger partial charge in [-0.3, -0.25) is 0 Å². The Morgan fingerprint density at radius 2 is 1.94 bits per heavy atom. The van der Waals surface area contributed by atoms with Crippen molar-refractivity contribution in [3.63, 3.8) is 0 Å². The third-order valence-corrected chi connectivity index (χ3v) is 3.99. The lowest BCUT2D eigenvalue weighted by Gasteiger charge is -2.19. The van der Waals surface area contributed by atoms with E-state index >= 15 is 0 Å². The van der Waals surface area contributed by atoms with E-state index in [0.717, 1.165) is 10.9 Å². The minimum Gasteiger partial charge on any atom is -0.378 e. The Labute approximate surface area is 130 Å². The molecule has 3 heteroatoms. The van der Waals surface area contributed by atoms with Crippen LogP contribution in [0.1, 0.15) is 24.9 Å². The summed E-state index contributed by atoms with van der Waals surface area (Å²) in [7, 11) is 0. The molecule has 0 amide bonds. The van der Waals surface area contributed by atoms with Crippen LogP contribution in [0.2, 0.25) is 0 Å². The minimum atomic E-state index is 0.348. The fourth-order valence-corrected chi connectivity index (χ4v) is 2.88. The fraction of sp³-hybridized carbons (Fsp3) is 0.200. The van der Waals surface area contributed by atoms with Crippen LogP contribution in [0.5, 0.6) is 0 Å². The molecule has 0 aliphatic heterocycles. The largest absolute Gasteiger partial charge is 0.378 e. The van der Waals surface area contributed by atoms with Gasteiger partial charge in [0.25, 0.3) is 0 Å². The van der Waals surface area contributed by atoms with Crippen LogP contribution < -0.4 is 5.32 Å². The van der Waals surface area contributed by atoms with Crippen molar-refractivity contribution in [1.29, 1.82) is 0 Å². The topological polar surface area (TPSA) is 12.0 Å². The molecular weight excluding hydrogens is 401 g/mol. The summed E-state index contributed by atoms with van der Waals surface area (Å²) < 4.78 is 2.38. The SMILES string of the molecule is CCC(Nc1cccc(I)c1)c1cccc(Br)c1. The monoisotopic (exact) mass is 415 g/mol.